The fourth-order valence-electron chi connectivity index (χ4n) is 4.21. The van der Waals surface area contributed by atoms with Crippen molar-refractivity contribution in [3.8, 4) is 0 Å². The Morgan fingerprint density at radius 1 is 1.23 bits per heavy atom. The summed E-state index contributed by atoms with van der Waals surface area (Å²) in [6.07, 6.45) is 2.45. The molecule has 7 nitrogen and oxygen atoms in total. The molecule has 2 aliphatic rings. The second-order valence-electron chi connectivity index (χ2n) is 7.91. The Hall–Kier alpha value is -3.03. The molecule has 158 valence electrons. The highest BCUT2D eigenvalue weighted by molar-refractivity contribution is 5.94. The summed E-state index contributed by atoms with van der Waals surface area (Å²) < 4.78 is 14.0. The molecule has 0 unspecified atom stereocenters. The van der Waals surface area contributed by atoms with Gasteiger partial charge in [0.05, 0.1) is 17.8 Å². The molecule has 1 fully saturated rings. The second kappa shape index (κ2) is 8.38. The van der Waals surface area contributed by atoms with Crippen LogP contribution in [0.15, 0.2) is 29.1 Å². The Kier molecular flexibility index (Phi) is 5.65. The van der Waals surface area contributed by atoms with Crippen molar-refractivity contribution in [3.63, 3.8) is 0 Å². The summed E-state index contributed by atoms with van der Waals surface area (Å²) >= 11 is 0. The first kappa shape index (κ1) is 20.3. The van der Waals surface area contributed by atoms with E-state index in [-0.39, 0.29) is 29.5 Å². The van der Waals surface area contributed by atoms with Gasteiger partial charge < -0.3 is 14.8 Å². The van der Waals surface area contributed by atoms with Crippen LogP contribution in [0.4, 0.5) is 4.39 Å². The summed E-state index contributed by atoms with van der Waals surface area (Å²) in [5.74, 6) is -0.301. The molecule has 0 aliphatic carbocycles. The van der Waals surface area contributed by atoms with E-state index >= 15 is 0 Å². The first-order valence-electron chi connectivity index (χ1n) is 10.4. The molecule has 2 aliphatic heterocycles. The van der Waals surface area contributed by atoms with Gasteiger partial charge in [-0.1, -0.05) is 19.1 Å². The van der Waals surface area contributed by atoms with Gasteiger partial charge in [0.2, 0.25) is 5.91 Å². The quantitative estimate of drug-likeness (QED) is 0.834. The zero-order valence-corrected chi connectivity index (χ0v) is 17.0. The van der Waals surface area contributed by atoms with E-state index in [1.807, 2.05) is 11.8 Å². The number of nitrogens with zero attached hydrogens (tertiary/aromatic N) is 3. The average Bonchev–Trinajstić information content (AvgIpc) is 3.24. The van der Waals surface area contributed by atoms with Crippen molar-refractivity contribution < 1.29 is 14.0 Å². The maximum atomic E-state index is 14.0. The van der Waals surface area contributed by atoms with Gasteiger partial charge in [-0.25, -0.2) is 9.37 Å². The van der Waals surface area contributed by atoms with Crippen molar-refractivity contribution in [3.05, 3.63) is 63.1 Å². The monoisotopic (exact) mass is 412 g/mol. The lowest BCUT2D eigenvalue weighted by atomic mass is 10.0. The maximum absolute atomic E-state index is 14.0. The summed E-state index contributed by atoms with van der Waals surface area (Å²) in [6, 6.07) is 5.89. The first-order valence-corrected chi connectivity index (χ1v) is 10.4. The normalized spacial score (nSPS) is 18.4. The minimum Gasteiger partial charge on any atom is -0.342 e. The predicted octanol–water partition coefficient (Wildman–Crippen LogP) is 2.22. The standard InChI is InChI=1S/C22H25FN4O3/c1-2-5-19(28)26-10-8-14(12-26)20-24-18-13-27(11-9-16(18)21(29)25-20)22(30)15-6-3-4-7-17(15)23/h3-4,6-7,14H,2,5,8-13H2,1H3,(H,24,25,29)/t14-/m1/s1. The van der Waals surface area contributed by atoms with Gasteiger partial charge in [0.1, 0.15) is 11.6 Å². The van der Waals surface area contributed by atoms with E-state index in [1.54, 1.807) is 12.1 Å². The van der Waals surface area contributed by atoms with Crippen LogP contribution in [0.1, 0.15) is 59.5 Å². The Morgan fingerprint density at radius 3 is 2.80 bits per heavy atom. The van der Waals surface area contributed by atoms with Crippen LogP contribution in [0.5, 0.6) is 0 Å². The number of nitrogens with one attached hydrogen (secondary N) is 1. The zero-order chi connectivity index (χ0) is 21.3. The molecule has 30 heavy (non-hydrogen) atoms. The molecule has 0 spiro atoms. The molecule has 0 saturated carbocycles. The largest absolute Gasteiger partial charge is 0.342 e. The molecule has 2 amide bonds. The van der Waals surface area contributed by atoms with Crippen LogP contribution in [0.3, 0.4) is 0 Å². The van der Waals surface area contributed by atoms with Crippen molar-refractivity contribution in [1.29, 1.82) is 0 Å². The average molecular weight is 412 g/mol. The number of hydrogen-bond donors (Lipinski definition) is 1. The third kappa shape index (κ3) is 3.86. The molecular weight excluding hydrogens is 387 g/mol. The number of fused-ring (bicyclic) bond motifs is 1. The summed E-state index contributed by atoms with van der Waals surface area (Å²) in [5.41, 5.74) is 0.967. The van der Waals surface area contributed by atoms with Crippen LogP contribution in [-0.2, 0) is 17.8 Å². The molecule has 1 N–H and O–H groups in total. The van der Waals surface area contributed by atoms with Crippen molar-refractivity contribution >= 4 is 11.8 Å². The van der Waals surface area contributed by atoms with Crippen LogP contribution < -0.4 is 5.56 Å². The Morgan fingerprint density at radius 2 is 2.03 bits per heavy atom. The molecular formula is C22H25FN4O3. The van der Waals surface area contributed by atoms with Crippen molar-refractivity contribution in [2.75, 3.05) is 19.6 Å². The van der Waals surface area contributed by atoms with E-state index in [0.717, 1.165) is 12.8 Å². The molecule has 1 atom stereocenters. The Labute approximate surface area is 173 Å². The molecule has 1 aromatic carbocycles. The summed E-state index contributed by atoms with van der Waals surface area (Å²) in [4.78, 5) is 48.4. The van der Waals surface area contributed by atoms with Gasteiger partial charge in [0.25, 0.3) is 11.5 Å². The predicted molar refractivity (Wildman–Crippen MR) is 109 cm³/mol. The molecule has 2 aromatic rings. The van der Waals surface area contributed by atoms with E-state index in [0.29, 0.717) is 49.6 Å². The molecule has 3 heterocycles. The van der Waals surface area contributed by atoms with E-state index in [2.05, 4.69) is 9.97 Å². The lowest BCUT2D eigenvalue weighted by Crippen LogP contribution is -2.40. The fraction of sp³-hybridized carbons (Fsp3) is 0.455. The van der Waals surface area contributed by atoms with Crippen molar-refractivity contribution in [2.24, 2.45) is 0 Å². The summed E-state index contributed by atoms with van der Waals surface area (Å²) in [5, 5.41) is 0. The van der Waals surface area contributed by atoms with Crippen LogP contribution >= 0.6 is 0 Å². The third-order valence-electron chi connectivity index (χ3n) is 5.87. The smallest absolute Gasteiger partial charge is 0.257 e. The molecule has 1 saturated heterocycles. The second-order valence-corrected chi connectivity index (χ2v) is 7.91. The number of aromatic amines is 1. The van der Waals surface area contributed by atoms with Crippen molar-refractivity contribution in [1.82, 2.24) is 19.8 Å². The molecule has 8 heteroatoms. The summed E-state index contributed by atoms with van der Waals surface area (Å²) in [7, 11) is 0. The van der Waals surface area contributed by atoms with Crippen LogP contribution in [0, 0.1) is 5.82 Å². The van der Waals surface area contributed by atoms with Crippen LogP contribution in [0.25, 0.3) is 0 Å². The van der Waals surface area contributed by atoms with Gasteiger partial charge in [-0.15, -0.1) is 0 Å². The number of rotatable bonds is 4. The van der Waals surface area contributed by atoms with Gasteiger partial charge in [0, 0.05) is 37.5 Å². The topological polar surface area (TPSA) is 86.4 Å². The van der Waals surface area contributed by atoms with Gasteiger partial charge in [0.15, 0.2) is 0 Å². The number of amides is 2. The van der Waals surface area contributed by atoms with E-state index in [4.69, 9.17) is 0 Å². The maximum Gasteiger partial charge on any atom is 0.257 e. The highest BCUT2D eigenvalue weighted by Gasteiger charge is 2.31. The number of benzene rings is 1. The van der Waals surface area contributed by atoms with Gasteiger partial charge in [-0.2, -0.15) is 0 Å². The number of hydrogen-bond acceptors (Lipinski definition) is 4. The van der Waals surface area contributed by atoms with E-state index in [9.17, 15) is 18.8 Å². The highest BCUT2D eigenvalue weighted by atomic mass is 19.1. The van der Waals surface area contributed by atoms with Gasteiger partial charge >= 0.3 is 0 Å². The van der Waals surface area contributed by atoms with Crippen LogP contribution in [0.2, 0.25) is 0 Å². The third-order valence-corrected chi connectivity index (χ3v) is 5.87. The lowest BCUT2D eigenvalue weighted by molar-refractivity contribution is -0.130. The number of H-pyrrole nitrogens is 1. The molecule has 1 aromatic heterocycles. The SMILES string of the molecule is CCCC(=O)N1CC[C@@H](c2nc3c(c(=O)[nH]2)CCN(C(=O)c2ccccc2F)C3)C1. The first-order chi connectivity index (χ1) is 14.5. The van der Waals surface area contributed by atoms with Gasteiger partial charge in [-0.05, 0) is 31.4 Å². The fourth-order valence-corrected chi connectivity index (χ4v) is 4.21. The zero-order valence-electron chi connectivity index (χ0n) is 17.0. The number of halogens is 1. The number of carbonyl (C=O) groups is 2. The van der Waals surface area contributed by atoms with E-state index in [1.165, 1.54) is 17.0 Å². The van der Waals surface area contributed by atoms with Crippen molar-refractivity contribution in [2.45, 2.75) is 45.1 Å². The van der Waals surface area contributed by atoms with Crippen LogP contribution in [-0.4, -0.2) is 51.2 Å². The highest BCUT2D eigenvalue weighted by Crippen LogP contribution is 2.26. The Bertz CT molecular complexity index is 1040. The Balaban J connectivity index is 1.54. The minimum atomic E-state index is -0.560. The molecule has 0 bridgehead atoms. The summed E-state index contributed by atoms with van der Waals surface area (Å²) in [6.45, 7) is 3.68. The number of likely N-dealkylation sites (tertiary alicyclic amines) is 1. The minimum absolute atomic E-state index is 0.0203. The lowest BCUT2D eigenvalue weighted by Gasteiger charge is -2.28. The van der Waals surface area contributed by atoms with E-state index < -0.39 is 11.7 Å². The number of carbonyl (C=O) groups excluding carboxylic acids is 2. The number of aromatic nitrogens is 2. The molecule has 0 radical (unpaired) electrons. The molecule has 4 rings (SSSR count). The van der Waals surface area contributed by atoms with Gasteiger partial charge in [-0.3, -0.25) is 14.4 Å².